The van der Waals surface area contributed by atoms with Crippen LogP contribution in [0.5, 0.6) is 11.5 Å². The minimum Gasteiger partial charge on any atom is -0.497 e. The topological polar surface area (TPSA) is 108 Å². The fraction of sp³-hybridized carbons (Fsp3) is 0.278. The predicted molar refractivity (Wildman–Crippen MR) is 98.0 cm³/mol. The lowest BCUT2D eigenvalue weighted by Gasteiger charge is -2.18. The maximum absolute atomic E-state index is 12.6. The van der Waals surface area contributed by atoms with E-state index in [1.165, 1.54) is 13.2 Å². The van der Waals surface area contributed by atoms with Crippen LogP contribution < -0.4 is 19.9 Å². The second-order valence-corrected chi connectivity index (χ2v) is 7.36. The molecule has 2 rings (SSSR count). The van der Waals surface area contributed by atoms with E-state index in [1.807, 2.05) is 0 Å². The Morgan fingerprint density at radius 1 is 1.12 bits per heavy atom. The number of methoxy groups -OCH3 is 2. The van der Waals surface area contributed by atoms with Gasteiger partial charge in [0.25, 0.3) is 5.91 Å². The van der Waals surface area contributed by atoms with Crippen LogP contribution in [0.3, 0.4) is 0 Å². The number of amides is 1. The number of benzene rings is 2. The summed E-state index contributed by atoms with van der Waals surface area (Å²) in [5.74, 6) is 0.814. The Bertz CT molecular complexity index is 925. The molecule has 2 aromatic carbocycles. The fourth-order valence-electron chi connectivity index (χ4n) is 2.58. The molecule has 0 bridgehead atoms. The molecule has 3 N–H and O–H groups in total. The van der Waals surface area contributed by atoms with Crippen LogP contribution in [0.4, 0.5) is 0 Å². The molecule has 2 aromatic rings. The minimum atomic E-state index is -3.91. The lowest BCUT2D eigenvalue weighted by molar-refractivity contribution is 0.0939. The molecule has 0 saturated carbocycles. The minimum absolute atomic E-state index is 0.0724. The number of sulfonamides is 1. The highest BCUT2D eigenvalue weighted by atomic mass is 32.2. The maximum atomic E-state index is 12.6. The summed E-state index contributed by atoms with van der Waals surface area (Å²) in [5.41, 5.74) is 1.42. The van der Waals surface area contributed by atoms with Gasteiger partial charge in [0.2, 0.25) is 10.0 Å². The highest BCUT2D eigenvalue weighted by Gasteiger charge is 2.19. The zero-order chi connectivity index (χ0) is 19.5. The van der Waals surface area contributed by atoms with Gasteiger partial charge in [-0.05, 0) is 49.7 Å². The van der Waals surface area contributed by atoms with Crippen molar-refractivity contribution >= 4 is 15.9 Å². The predicted octanol–water partition coefficient (Wildman–Crippen LogP) is 2.15. The second-order valence-electron chi connectivity index (χ2n) is 5.83. The van der Waals surface area contributed by atoms with Crippen LogP contribution in [0, 0.1) is 6.92 Å². The fourth-order valence-corrected chi connectivity index (χ4v) is 3.39. The van der Waals surface area contributed by atoms with Gasteiger partial charge in [-0.1, -0.05) is 6.07 Å². The summed E-state index contributed by atoms with van der Waals surface area (Å²) >= 11 is 0. The summed E-state index contributed by atoms with van der Waals surface area (Å²) in [6.45, 7) is 3.41. The van der Waals surface area contributed by atoms with Crippen molar-refractivity contribution in [1.29, 1.82) is 0 Å². The normalized spacial score (nSPS) is 12.3. The summed E-state index contributed by atoms with van der Waals surface area (Å²) in [4.78, 5) is 12.5. The molecule has 26 heavy (non-hydrogen) atoms. The molecule has 1 atom stereocenters. The third kappa shape index (κ3) is 4.33. The third-order valence-electron chi connectivity index (χ3n) is 4.01. The average Bonchev–Trinajstić information content (AvgIpc) is 2.60. The highest BCUT2D eigenvalue weighted by Crippen LogP contribution is 2.29. The van der Waals surface area contributed by atoms with Crippen LogP contribution in [-0.4, -0.2) is 28.5 Å². The van der Waals surface area contributed by atoms with Gasteiger partial charge in [0.1, 0.15) is 11.5 Å². The van der Waals surface area contributed by atoms with E-state index in [9.17, 15) is 13.2 Å². The van der Waals surface area contributed by atoms with Gasteiger partial charge in [0.05, 0.1) is 25.2 Å². The number of nitrogens with two attached hydrogens (primary N) is 1. The number of aryl methyl sites for hydroxylation is 1. The Morgan fingerprint density at radius 2 is 1.81 bits per heavy atom. The van der Waals surface area contributed by atoms with Gasteiger partial charge in [-0.2, -0.15) is 0 Å². The first kappa shape index (κ1) is 19.7. The summed E-state index contributed by atoms with van der Waals surface area (Å²) < 4.78 is 33.8. The number of primary sulfonamides is 1. The number of carbonyl (C=O) groups is 1. The standard InChI is InChI=1S/C18H22N2O5S/c1-11-5-6-13(9-17(11)26(19,22)23)18(21)20-12(2)15-10-14(24-3)7-8-16(15)25-4/h5-10,12H,1-4H3,(H,20,21)(H2,19,22,23)/t12-/m1/s1. The van der Waals surface area contributed by atoms with E-state index in [0.29, 0.717) is 17.1 Å². The smallest absolute Gasteiger partial charge is 0.251 e. The van der Waals surface area contributed by atoms with Gasteiger partial charge in [-0.15, -0.1) is 0 Å². The molecule has 7 nitrogen and oxygen atoms in total. The SMILES string of the molecule is COc1ccc(OC)c([C@@H](C)NC(=O)c2ccc(C)c(S(N)(=O)=O)c2)c1. The largest absolute Gasteiger partial charge is 0.497 e. The van der Waals surface area contributed by atoms with Gasteiger partial charge in [0, 0.05) is 11.1 Å². The molecule has 0 saturated heterocycles. The number of hydrogen-bond donors (Lipinski definition) is 2. The Morgan fingerprint density at radius 3 is 2.38 bits per heavy atom. The molecule has 0 spiro atoms. The Hall–Kier alpha value is -2.58. The lowest BCUT2D eigenvalue weighted by Crippen LogP contribution is -2.27. The first-order valence-electron chi connectivity index (χ1n) is 7.83. The zero-order valence-electron chi connectivity index (χ0n) is 15.1. The summed E-state index contributed by atoms with van der Waals surface area (Å²) in [7, 11) is -0.815. The Balaban J connectivity index is 2.30. The van der Waals surface area contributed by atoms with Gasteiger partial charge in [0.15, 0.2) is 0 Å². The molecule has 1 amide bonds. The first-order chi connectivity index (χ1) is 12.2. The van der Waals surface area contributed by atoms with Crippen LogP contribution in [0.2, 0.25) is 0 Å². The zero-order valence-corrected chi connectivity index (χ0v) is 15.9. The van der Waals surface area contributed by atoms with E-state index in [4.69, 9.17) is 14.6 Å². The van der Waals surface area contributed by atoms with Crippen LogP contribution in [0.1, 0.15) is 34.5 Å². The number of hydrogen-bond acceptors (Lipinski definition) is 5. The summed E-state index contributed by atoms with van der Waals surface area (Å²) in [5, 5.41) is 8.03. The van der Waals surface area contributed by atoms with E-state index >= 15 is 0 Å². The molecule has 0 aromatic heterocycles. The summed E-state index contributed by atoms with van der Waals surface area (Å²) in [6.07, 6.45) is 0. The number of nitrogens with one attached hydrogen (secondary N) is 1. The monoisotopic (exact) mass is 378 g/mol. The number of rotatable bonds is 6. The van der Waals surface area contributed by atoms with Crippen LogP contribution >= 0.6 is 0 Å². The molecule has 0 fully saturated rings. The van der Waals surface area contributed by atoms with Gasteiger partial charge >= 0.3 is 0 Å². The Kier molecular flexibility index (Phi) is 5.89. The van der Waals surface area contributed by atoms with E-state index in [-0.39, 0.29) is 10.5 Å². The average molecular weight is 378 g/mol. The second kappa shape index (κ2) is 7.76. The van der Waals surface area contributed by atoms with Crippen molar-refractivity contribution in [1.82, 2.24) is 5.32 Å². The van der Waals surface area contributed by atoms with Crippen molar-refractivity contribution in [2.24, 2.45) is 5.14 Å². The molecule has 0 aliphatic carbocycles. The molecule has 0 unspecified atom stereocenters. The third-order valence-corrected chi connectivity index (χ3v) is 5.06. The molecular formula is C18H22N2O5S. The van der Waals surface area contributed by atoms with E-state index in [1.54, 1.807) is 51.3 Å². The van der Waals surface area contributed by atoms with Crippen molar-refractivity contribution in [3.05, 3.63) is 53.1 Å². The molecule has 0 aliphatic rings. The summed E-state index contributed by atoms with van der Waals surface area (Å²) in [6, 6.07) is 9.26. The van der Waals surface area contributed by atoms with Crippen molar-refractivity contribution in [2.75, 3.05) is 14.2 Å². The quantitative estimate of drug-likeness (QED) is 0.801. The van der Waals surface area contributed by atoms with Crippen LogP contribution in [0.15, 0.2) is 41.3 Å². The van der Waals surface area contributed by atoms with Crippen LogP contribution in [0.25, 0.3) is 0 Å². The van der Waals surface area contributed by atoms with Gasteiger partial charge in [-0.25, -0.2) is 13.6 Å². The van der Waals surface area contributed by atoms with Crippen molar-refractivity contribution < 1.29 is 22.7 Å². The molecular weight excluding hydrogens is 356 g/mol. The molecule has 8 heteroatoms. The Labute approximate surface area is 153 Å². The van der Waals surface area contributed by atoms with E-state index in [2.05, 4.69) is 5.32 Å². The number of carbonyl (C=O) groups excluding carboxylic acids is 1. The maximum Gasteiger partial charge on any atom is 0.251 e. The molecule has 140 valence electrons. The van der Waals surface area contributed by atoms with Crippen molar-refractivity contribution in [3.8, 4) is 11.5 Å². The first-order valence-corrected chi connectivity index (χ1v) is 9.38. The molecule has 0 aliphatic heterocycles. The van der Waals surface area contributed by atoms with Crippen LogP contribution in [-0.2, 0) is 10.0 Å². The lowest BCUT2D eigenvalue weighted by atomic mass is 10.1. The number of ether oxygens (including phenoxy) is 2. The van der Waals surface area contributed by atoms with Gasteiger partial charge < -0.3 is 14.8 Å². The van der Waals surface area contributed by atoms with Gasteiger partial charge in [-0.3, -0.25) is 4.79 Å². The van der Waals surface area contributed by atoms with Crippen molar-refractivity contribution in [3.63, 3.8) is 0 Å². The molecule has 0 heterocycles. The van der Waals surface area contributed by atoms with Crippen molar-refractivity contribution in [2.45, 2.75) is 24.8 Å². The van der Waals surface area contributed by atoms with E-state index in [0.717, 1.165) is 5.56 Å². The van der Waals surface area contributed by atoms with E-state index < -0.39 is 22.0 Å². The highest BCUT2D eigenvalue weighted by molar-refractivity contribution is 7.89. The molecule has 0 radical (unpaired) electrons.